The van der Waals surface area contributed by atoms with Crippen molar-refractivity contribution in [1.82, 2.24) is 0 Å². The molecule has 1 rings (SSSR count). The SMILES string of the molecule is CCCCCC=CCC=CCCCCCCCC(OC1CCCCO1)C(C=O)C(C)(C)C. The molecule has 3 nitrogen and oxygen atoms in total. The van der Waals surface area contributed by atoms with Gasteiger partial charge in [0.15, 0.2) is 6.29 Å². The summed E-state index contributed by atoms with van der Waals surface area (Å²) in [5.41, 5.74) is -0.0852. The lowest BCUT2D eigenvalue weighted by molar-refractivity contribution is -0.205. The smallest absolute Gasteiger partial charge is 0.157 e. The second-order valence-corrected chi connectivity index (χ2v) is 10.5. The molecular weight excluding hydrogens is 396 g/mol. The van der Waals surface area contributed by atoms with Gasteiger partial charge in [-0.2, -0.15) is 0 Å². The average Bonchev–Trinajstić information content (AvgIpc) is 2.76. The van der Waals surface area contributed by atoms with Crippen molar-refractivity contribution in [2.45, 2.75) is 136 Å². The molecule has 0 aromatic carbocycles. The lowest BCUT2D eigenvalue weighted by Crippen LogP contribution is -2.39. The van der Waals surface area contributed by atoms with Crippen LogP contribution in [-0.2, 0) is 14.3 Å². The van der Waals surface area contributed by atoms with Crippen molar-refractivity contribution in [2.24, 2.45) is 11.3 Å². The Morgan fingerprint density at radius 1 is 0.906 bits per heavy atom. The zero-order valence-electron chi connectivity index (χ0n) is 21.7. The van der Waals surface area contributed by atoms with E-state index in [-0.39, 0.29) is 23.7 Å². The number of hydrogen-bond acceptors (Lipinski definition) is 3. The maximum atomic E-state index is 11.9. The summed E-state index contributed by atoms with van der Waals surface area (Å²) < 4.78 is 12.1. The molecule has 1 fully saturated rings. The van der Waals surface area contributed by atoms with Crippen LogP contribution < -0.4 is 0 Å². The van der Waals surface area contributed by atoms with Gasteiger partial charge in [-0.3, -0.25) is 0 Å². The summed E-state index contributed by atoms with van der Waals surface area (Å²) in [6, 6.07) is 0. The fraction of sp³-hybridized carbons (Fsp3) is 0.828. The van der Waals surface area contributed by atoms with E-state index in [2.05, 4.69) is 52.0 Å². The maximum absolute atomic E-state index is 11.9. The molecule has 0 aromatic rings. The standard InChI is InChI=1S/C29H52O3/c1-5-6-7-8-9-10-11-12-13-14-15-16-17-18-19-22-27(26(25-30)29(2,3)4)32-28-23-20-21-24-31-28/h9-10,12-13,25-28H,5-8,11,14-24H2,1-4H3. The normalized spacial score (nSPS) is 19.6. The Labute approximate surface area is 199 Å². The number of unbranched alkanes of at least 4 members (excludes halogenated alkanes) is 8. The third-order valence-corrected chi connectivity index (χ3v) is 6.45. The third-order valence-electron chi connectivity index (χ3n) is 6.45. The minimum absolute atomic E-state index is 0.0337. The third kappa shape index (κ3) is 14.3. The molecule has 3 atom stereocenters. The summed E-state index contributed by atoms with van der Waals surface area (Å²) in [5.74, 6) is -0.0844. The molecule has 0 saturated carbocycles. The van der Waals surface area contributed by atoms with Crippen LogP contribution in [-0.4, -0.2) is 25.3 Å². The van der Waals surface area contributed by atoms with Crippen molar-refractivity contribution in [3.05, 3.63) is 24.3 Å². The monoisotopic (exact) mass is 448 g/mol. The van der Waals surface area contributed by atoms with Gasteiger partial charge in [0.2, 0.25) is 0 Å². The molecular formula is C29H52O3. The Balaban J connectivity index is 2.19. The van der Waals surface area contributed by atoms with Crippen molar-refractivity contribution in [2.75, 3.05) is 6.61 Å². The first-order chi connectivity index (χ1) is 15.5. The fourth-order valence-corrected chi connectivity index (χ4v) is 4.35. The highest BCUT2D eigenvalue weighted by Gasteiger charge is 2.34. The molecule has 1 aliphatic heterocycles. The molecule has 1 heterocycles. The Bertz CT molecular complexity index is 497. The molecule has 1 aliphatic rings. The number of hydrogen-bond donors (Lipinski definition) is 0. The van der Waals surface area contributed by atoms with E-state index in [1.807, 2.05) is 0 Å². The van der Waals surface area contributed by atoms with E-state index in [9.17, 15) is 4.79 Å². The molecule has 0 N–H and O–H groups in total. The molecule has 3 heteroatoms. The van der Waals surface area contributed by atoms with Gasteiger partial charge in [-0.1, -0.05) is 90.5 Å². The van der Waals surface area contributed by atoms with E-state index in [4.69, 9.17) is 9.47 Å². The van der Waals surface area contributed by atoms with Gasteiger partial charge in [0.25, 0.3) is 0 Å². The summed E-state index contributed by atoms with van der Waals surface area (Å²) >= 11 is 0. The number of ether oxygens (including phenoxy) is 2. The molecule has 32 heavy (non-hydrogen) atoms. The van der Waals surface area contributed by atoms with Crippen molar-refractivity contribution in [3.63, 3.8) is 0 Å². The van der Waals surface area contributed by atoms with Crippen molar-refractivity contribution < 1.29 is 14.3 Å². The van der Waals surface area contributed by atoms with Crippen LogP contribution in [0.3, 0.4) is 0 Å². The van der Waals surface area contributed by atoms with Crippen molar-refractivity contribution >= 4 is 6.29 Å². The van der Waals surface area contributed by atoms with Crippen LogP contribution in [0.5, 0.6) is 0 Å². The van der Waals surface area contributed by atoms with Crippen LogP contribution in [0.15, 0.2) is 24.3 Å². The minimum Gasteiger partial charge on any atom is -0.353 e. The highest BCUT2D eigenvalue weighted by Crippen LogP contribution is 2.33. The van der Waals surface area contributed by atoms with Gasteiger partial charge < -0.3 is 14.3 Å². The van der Waals surface area contributed by atoms with Crippen LogP contribution in [0.1, 0.15) is 124 Å². The fourth-order valence-electron chi connectivity index (χ4n) is 4.35. The van der Waals surface area contributed by atoms with Gasteiger partial charge in [-0.05, 0) is 63.2 Å². The van der Waals surface area contributed by atoms with E-state index in [1.54, 1.807) is 0 Å². The Morgan fingerprint density at radius 2 is 1.56 bits per heavy atom. The zero-order chi connectivity index (χ0) is 23.5. The first-order valence-corrected chi connectivity index (χ1v) is 13.5. The van der Waals surface area contributed by atoms with Gasteiger partial charge in [0, 0.05) is 12.5 Å². The minimum atomic E-state index is -0.128. The molecule has 3 unspecified atom stereocenters. The molecule has 0 radical (unpaired) electrons. The summed E-state index contributed by atoms with van der Waals surface area (Å²) in [7, 11) is 0. The molecule has 0 spiro atoms. The first kappa shape index (κ1) is 29.1. The van der Waals surface area contributed by atoms with E-state index in [1.165, 1.54) is 57.8 Å². The lowest BCUT2D eigenvalue weighted by atomic mass is 9.77. The summed E-state index contributed by atoms with van der Waals surface area (Å²) in [6.45, 7) is 9.45. The van der Waals surface area contributed by atoms with Gasteiger partial charge in [-0.25, -0.2) is 0 Å². The number of carbonyl (C=O) groups is 1. The molecule has 1 saturated heterocycles. The number of carbonyl (C=O) groups excluding carboxylic acids is 1. The van der Waals surface area contributed by atoms with E-state index >= 15 is 0 Å². The predicted molar refractivity (Wildman–Crippen MR) is 137 cm³/mol. The topological polar surface area (TPSA) is 35.5 Å². The summed E-state index contributed by atoms with van der Waals surface area (Å²) in [5, 5.41) is 0. The lowest BCUT2D eigenvalue weighted by Gasteiger charge is -2.36. The average molecular weight is 449 g/mol. The second kappa shape index (κ2) is 18.5. The van der Waals surface area contributed by atoms with Gasteiger partial charge in [0.1, 0.15) is 6.29 Å². The second-order valence-electron chi connectivity index (χ2n) is 10.5. The Kier molecular flexibility index (Phi) is 16.8. The summed E-state index contributed by atoms with van der Waals surface area (Å²) in [4.78, 5) is 11.9. The summed E-state index contributed by atoms with van der Waals surface area (Å²) in [6.07, 6.45) is 28.0. The first-order valence-electron chi connectivity index (χ1n) is 13.5. The highest BCUT2D eigenvalue weighted by atomic mass is 16.7. The molecule has 186 valence electrons. The van der Waals surface area contributed by atoms with Crippen LogP contribution in [0.4, 0.5) is 0 Å². The van der Waals surface area contributed by atoms with Crippen molar-refractivity contribution in [3.8, 4) is 0 Å². The number of allylic oxidation sites excluding steroid dienone is 4. The van der Waals surface area contributed by atoms with E-state index in [0.29, 0.717) is 0 Å². The zero-order valence-corrected chi connectivity index (χ0v) is 21.7. The molecule has 0 aliphatic carbocycles. The largest absolute Gasteiger partial charge is 0.353 e. The number of aldehydes is 1. The van der Waals surface area contributed by atoms with Crippen LogP contribution in [0, 0.1) is 11.3 Å². The predicted octanol–water partition coefficient (Wildman–Crippen LogP) is 8.57. The van der Waals surface area contributed by atoms with E-state index < -0.39 is 0 Å². The Hall–Kier alpha value is -0.930. The molecule has 0 bridgehead atoms. The van der Waals surface area contributed by atoms with E-state index in [0.717, 1.165) is 51.4 Å². The number of rotatable bonds is 18. The quantitative estimate of drug-likeness (QED) is 0.120. The van der Waals surface area contributed by atoms with Crippen LogP contribution >= 0.6 is 0 Å². The van der Waals surface area contributed by atoms with Gasteiger partial charge in [0.05, 0.1) is 6.10 Å². The van der Waals surface area contributed by atoms with Crippen LogP contribution in [0.25, 0.3) is 0 Å². The van der Waals surface area contributed by atoms with Gasteiger partial charge >= 0.3 is 0 Å². The van der Waals surface area contributed by atoms with Crippen molar-refractivity contribution in [1.29, 1.82) is 0 Å². The van der Waals surface area contributed by atoms with Gasteiger partial charge in [-0.15, -0.1) is 0 Å². The molecule has 0 aromatic heterocycles. The van der Waals surface area contributed by atoms with Crippen LogP contribution in [0.2, 0.25) is 0 Å². The Morgan fingerprint density at radius 3 is 2.16 bits per heavy atom. The molecule has 0 amide bonds. The highest BCUT2D eigenvalue weighted by molar-refractivity contribution is 5.55. The maximum Gasteiger partial charge on any atom is 0.157 e.